The second-order valence-corrected chi connectivity index (χ2v) is 4.65. The molecule has 1 rings (SSSR count). The SMILES string of the molecule is C.CC.CC.CC.CC.CC(C)(C)C.Cc1ccccc1. The molecule has 0 radical (unpaired) electrons. The van der Waals surface area contributed by atoms with Crippen molar-refractivity contribution < 1.29 is 0 Å². The lowest BCUT2D eigenvalue weighted by Crippen LogP contribution is -1.93. The molecule has 0 nitrogen and oxygen atoms in total. The minimum Gasteiger partial charge on any atom is -0.0776 e. The first kappa shape index (κ1) is 36.9. The molecule has 0 aliphatic rings. The normalized spacial score (nSPS) is 6.90. The minimum absolute atomic E-state index is 0. The third kappa shape index (κ3) is 109. The number of hydrogen-bond acceptors (Lipinski definition) is 0. The van der Waals surface area contributed by atoms with Gasteiger partial charge in [-0.15, -0.1) is 0 Å². The quantitative estimate of drug-likeness (QED) is 0.449. The maximum absolute atomic E-state index is 2.19. The molecule has 0 saturated heterocycles. The Balaban J connectivity index is -0.0000000360. The van der Waals surface area contributed by atoms with E-state index in [0.717, 1.165) is 0 Å². The minimum atomic E-state index is 0. The lowest BCUT2D eigenvalue weighted by molar-refractivity contribution is 0.469. The average Bonchev–Trinajstić information content (AvgIpc) is 2.47. The van der Waals surface area contributed by atoms with Crippen LogP contribution in [0.5, 0.6) is 0 Å². The first-order chi connectivity index (χ1) is 9.39. The molecule has 0 heterocycles. The molecule has 0 amide bonds. The van der Waals surface area contributed by atoms with Crippen molar-refractivity contribution in [3.8, 4) is 0 Å². The third-order valence-electron chi connectivity index (χ3n) is 0.940. The van der Waals surface area contributed by atoms with Crippen LogP contribution >= 0.6 is 0 Å². The summed E-state index contributed by atoms with van der Waals surface area (Å²) in [5.74, 6) is 0. The van der Waals surface area contributed by atoms with E-state index in [2.05, 4.69) is 46.8 Å². The fourth-order valence-electron chi connectivity index (χ4n) is 0.534. The van der Waals surface area contributed by atoms with Crippen molar-refractivity contribution in [3.63, 3.8) is 0 Å². The lowest BCUT2D eigenvalue weighted by atomic mass is 10.0. The maximum atomic E-state index is 2.19. The Kier molecular flexibility index (Phi) is 64.2. The summed E-state index contributed by atoms with van der Waals surface area (Å²) in [4.78, 5) is 0. The van der Waals surface area contributed by atoms with Gasteiger partial charge in [0.2, 0.25) is 0 Å². The molecule has 1 aromatic carbocycles. The van der Waals surface area contributed by atoms with Gasteiger partial charge in [-0.05, 0) is 12.3 Å². The van der Waals surface area contributed by atoms with E-state index in [1.54, 1.807) is 0 Å². The Morgan fingerprint density at radius 3 is 0.857 bits per heavy atom. The van der Waals surface area contributed by atoms with E-state index < -0.39 is 0 Å². The van der Waals surface area contributed by atoms with Crippen LogP contribution in [0.2, 0.25) is 0 Å². The van der Waals surface area contributed by atoms with Gasteiger partial charge in [-0.3, -0.25) is 0 Å². The predicted molar refractivity (Wildman–Crippen MR) is 108 cm³/mol. The average molecular weight is 301 g/mol. The zero-order chi connectivity index (χ0) is 17.6. The van der Waals surface area contributed by atoms with Crippen LogP contribution < -0.4 is 0 Å². The Hall–Kier alpha value is -0.780. The fraction of sp³-hybridized carbons (Fsp3) is 0.714. The van der Waals surface area contributed by atoms with Crippen LogP contribution in [0.4, 0.5) is 0 Å². The zero-order valence-electron chi connectivity index (χ0n) is 16.9. The fourth-order valence-corrected chi connectivity index (χ4v) is 0.534. The molecule has 0 bridgehead atoms. The molecule has 0 aliphatic heterocycles. The van der Waals surface area contributed by atoms with Crippen molar-refractivity contribution in [1.29, 1.82) is 0 Å². The molecule has 0 unspecified atom stereocenters. The molecule has 132 valence electrons. The van der Waals surface area contributed by atoms with Crippen LogP contribution in [0, 0.1) is 12.3 Å². The van der Waals surface area contributed by atoms with Crippen molar-refractivity contribution in [2.24, 2.45) is 5.41 Å². The Labute approximate surface area is 139 Å². The topological polar surface area (TPSA) is 0 Å². The standard InChI is InChI=1S/C7H8.C5H12.4C2H6.CH4/c1-7-5-3-2-4-6-7;1-5(2,3)4;4*1-2;/h2-6H,1H3;1-4H3;4*1-2H3;1H4. The van der Waals surface area contributed by atoms with Gasteiger partial charge in [0, 0.05) is 0 Å². The highest BCUT2D eigenvalue weighted by molar-refractivity contribution is 5.11. The Morgan fingerprint density at radius 2 is 0.762 bits per heavy atom. The van der Waals surface area contributed by atoms with E-state index in [9.17, 15) is 0 Å². The van der Waals surface area contributed by atoms with Gasteiger partial charge in [-0.2, -0.15) is 0 Å². The molecule has 0 atom stereocenters. The number of hydrogen-bond donors (Lipinski definition) is 0. The van der Waals surface area contributed by atoms with Gasteiger partial charge in [-0.1, -0.05) is 126 Å². The molecule has 21 heavy (non-hydrogen) atoms. The van der Waals surface area contributed by atoms with Crippen LogP contribution in [0.1, 0.15) is 96.1 Å². The van der Waals surface area contributed by atoms with E-state index in [0.29, 0.717) is 5.41 Å². The Morgan fingerprint density at radius 1 is 0.571 bits per heavy atom. The summed E-state index contributed by atoms with van der Waals surface area (Å²) in [6, 6.07) is 10.3. The molecular weight excluding hydrogens is 252 g/mol. The highest BCUT2D eigenvalue weighted by Crippen LogP contribution is 2.08. The van der Waals surface area contributed by atoms with E-state index in [1.807, 2.05) is 73.6 Å². The molecule has 0 saturated carbocycles. The summed E-state index contributed by atoms with van der Waals surface area (Å²) in [5, 5.41) is 0. The van der Waals surface area contributed by atoms with Gasteiger partial charge in [-0.25, -0.2) is 0 Å². The van der Waals surface area contributed by atoms with Crippen LogP contribution in [-0.2, 0) is 0 Å². The molecular formula is C21H48. The van der Waals surface area contributed by atoms with Crippen LogP contribution in [-0.4, -0.2) is 0 Å². The van der Waals surface area contributed by atoms with Crippen molar-refractivity contribution >= 4 is 0 Å². The van der Waals surface area contributed by atoms with Crippen LogP contribution in [0.25, 0.3) is 0 Å². The Bertz CT molecular complexity index is 185. The monoisotopic (exact) mass is 300 g/mol. The molecule has 0 heteroatoms. The molecule has 0 aromatic heterocycles. The van der Waals surface area contributed by atoms with Gasteiger partial charge in [0.05, 0.1) is 0 Å². The van der Waals surface area contributed by atoms with E-state index in [1.165, 1.54) is 5.56 Å². The highest BCUT2D eigenvalue weighted by atomic mass is 14.0. The molecule has 0 N–H and O–H groups in total. The lowest BCUT2D eigenvalue weighted by Gasteiger charge is -2.05. The van der Waals surface area contributed by atoms with Gasteiger partial charge in [0.1, 0.15) is 0 Å². The highest BCUT2D eigenvalue weighted by Gasteiger charge is 1.95. The first-order valence-electron chi connectivity index (χ1n) is 8.41. The number of benzene rings is 1. The summed E-state index contributed by atoms with van der Waals surface area (Å²) < 4.78 is 0. The summed E-state index contributed by atoms with van der Waals surface area (Å²) in [6.45, 7) is 26.8. The summed E-state index contributed by atoms with van der Waals surface area (Å²) in [7, 11) is 0. The smallest absolute Gasteiger partial charge is 0.0398 e. The molecule has 1 aromatic rings. The zero-order valence-corrected chi connectivity index (χ0v) is 16.9. The van der Waals surface area contributed by atoms with Crippen molar-refractivity contribution in [2.45, 2.75) is 97.4 Å². The summed E-state index contributed by atoms with van der Waals surface area (Å²) >= 11 is 0. The number of rotatable bonds is 0. The largest absolute Gasteiger partial charge is 0.0776 e. The second kappa shape index (κ2) is 36.5. The van der Waals surface area contributed by atoms with Gasteiger partial charge >= 0.3 is 0 Å². The van der Waals surface area contributed by atoms with Crippen molar-refractivity contribution in [2.75, 3.05) is 0 Å². The van der Waals surface area contributed by atoms with E-state index in [-0.39, 0.29) is 7.43 Å². The van der Waals surface area contributed by atoms with Gasteiger partial charge in [0.25, 0.3) is 0 Å². The van der Waals surface area contributed by atoms with Crippen LogP contribution in [0.15, 0.2) is 30.3 Å². The molecule has 0 fully saturated rings. The van der Waals surface area contributed by atoms with Gasteiger partial charge in [0.15, 0.2) is 0 Å². The van der Waals surface area contributed by atoms with Crippen molar-refractivity contribution in [3.05, 3.63) is 35.9 Å². The molecule has 0 aliphatic carbocycles. The van der Waals surface area contributed by atoms with E-state index >= 15 is 0 Å². The first-order valence-corrected chi connectivity index (χ1v) is 8.41. The second-order valence-electron chi connectivity index (χ2n) is 4.65. The summed E-state index contributed by atoms with van der Waals surface area (Å²) in [5.41, 5.74) is 1.82. The summed E-state index contributed by atoms with van der Waals surface area (Å²) in [6.07, 6.45) is 0. The van der Waals surface area contributed by atoms with E-state index in [4.69, 9.17) is 0 Å². The maximum Gasteiger partial charge on any atom is -0.0398 e. The van der Waals surface area contributed by atoms with Crippen LogP contribution in [0.3, 0.4) is 0 Å². The van der Waals surface area contributed by atoms with Gasteiger partial charge < -0.3 is 0 Å². The predicted octanol–water partition coefficient (Wildman–Crippen LogP) is 8.79. The number of aryl methyl sites for hydroxylation is 1. The molecule has 0 spiro atoms. The third-order valence-corrected chi connectivity index (χ3v) is 0.940. The van der Waals surface area contributed by atoms with Crippen molar-refractivity contribution in [1.82, 2.24) is 0 Å².